The van der Waals surface area contributed by atoms with Crippen molar-refractivity contribution >= 4 is 46.2 Å². The van der Waals surface area contributed by atoms with Gasteiger partial charge in [0.2, 0.25) is 17.7 Å². The SMILES string of the molecule is O=C(C[C@@H](C(=O)N1CCC[C@@H]1c1ncc(-c2ccc(-c3ccc(-c4cnc([C@H]5CCCN5C(=O)[C@H](NC(=O)C5CC5)c5ccccc5)s4)cc3)cc2)s1)c1ccccc1)C1CC1. The second-order valence-corrected chi connectivity index (χ2v) is 19.3. The largest absolute Gasteiger partial charge is 0.340 e. The minimum absolute atomic E-state index is 0.0123. The molecule has 4 fully saturated rings. The Kier molecular flexibility index (Phi) is 11.4. The van der Waals surface area contributed by atoms with Crippen molar-refractivity contribution < 1.29 is 19.2 Å². The molecule has 4 aliphatic rings. The van der Waals surface area contributed by atoms with Crippen LogP contribution >= 0.6 is 22.7 Å². The average Bonchev–Trinajstić information content (AvgIpc) is 4.07. The number of nitrogens with zero attached hydrogens (tertiary/aromatic N) is 4. The molecule has 62 heavy (non-hydrogen) atoms. The summed E-state index contributed by atoms with van der Waals surface area (Å²) >= 11 is 3.27. The van der Waals surface area contributed by atoms with E-state index >= 15 is 0 Å². The maximum atomic E-state index is 14.2. The molecule has 2 aliphatic carbocycles. The normalized spacial score (nSPS) is 19.6. The lowest BCUT2D eigenvalue weighted by Gasteiger charge is -2.28. The van der Waals surface area contributed by atoms with Crippen molar-refractivity contribution in [2.24, 2.45) is 11.8 Å². The van der Waals surface area contributed by atoms with Gasteiger partial charge in [0.05, 0.1) is 27.8 Å². The number of aromatic nitrogens is 2. The number of Topliss-reactive ketones (excluding diaryl/α,β-unsaturated/α-hetero) is 1. The van der Waals surface area contributed by atoms with Crippen LogP contribution in [-0.4, -0.2) is 56.4 Å². The smallest absolute Gasteiger partial charge is 0.250 e. The summed E-state index contributed by atoms with van der Waals surface area (Å²) in [6.45, 7) is 1.31. The fourth-order valence-electron chi connectivity index (χ4n) is 9.09. The van der Waals surface area contributed by atoms with E-state index in [0.717, 1.165) is 105 Å². The molecule has 9 nitrogen and oxygen atoms in total. The molecular formula is C51H49N5O4S2. The minimum Gasteiger partial charge on any atom is -0.340 e. The van der Waals surface area contributed by atoms with Gasteiger partial charge >= 0.3 is 0 Å². The number of nitrogens with one attached hydrogen (secondary N) is 1. The van der Waals surface area contributed by atoms with Gasteiger partial charge in [-0.1, -0.05) is 109 Å². The number of carbonyl (C=O) groups is 4. The van der Waals surface area contributed by atoms with E-state index in [-0.39, 0.29) is 53.8 Å². The van der Waals surface area contributed by atoms with Crippen molar-refractivity contribution in [1.82, 2.24) is 25.1 Å². The zero-order valence-electron chi connectivity index (χ0n) is 34.5. The fraction of sp³-hybridized carbons (Fsp3) is 0.333. The highest BCUT2D eigenvalue weighted by molar-refractivity contribution is 7.15. The summed E-state index contributed by atoms with van der Waals surface area (Å²) < 4.78 is 0. The van der Waals surface area contributed by atoms with Crippen LogP contribution in [-0.2, 0) is 19.2 Å². The number of likely N-dealkylation sites (tertiary alicyclic amines) is 2. The molecule has 314 valence electrons. The first kappa shape index (κ1) is 40.3. The second-order valence-electron chi connectivity index (χ2n) is 17.2. The Hall–Kier alpha value is -5.78. The van der Waals surface area contributed by atoms with Gasteiger partial charge in [0, 0.05) is 43.7 Å². The molecule has 0 unspecified atom stereocenters. The molecule has 4 aromatic carbocycles. The molecule has 0 radical (unpaired) electrons. The molecule has 0 spiro atoms. The van der Waals surface area contributed by atoms with Crippen molar-refractivity contribution in [2.45, 2.75) is 81.8 Å². The lowest BCUT2D eigenvalue weighted by Crippen LogP contribution is -2.43. The number of hydrogen-bond acceptors (Lipinski definition) is 8. The van der Waals surface area contributed by atoms with Crippen LogP contribution in [0.15, 0.2) is 122 Å². The van der Waals surface area contributed by atoms with Gasteiger partial charge in [-0.25, -0.2) is 9.97 Å². The Balaban J connectivity index is 0.797. The van der Waals surface area contributed by atoms with E-state index < -0.39 is 12.0 Å². The first-order valence-corrected chi connectivity index (χ1v) is 23.7. The molecule has 6 aromatic rings. The molecule has 1 N–H and O–H groups in total. The molecule has 2 saturated heterocycles. The fourth-order valence-corrected chi connectivity index (χ4v) is 11.2. The lowest BCUT2D eigenvalue weighted by molar-refractivity contribution is -0.137. The summed E-state index contributed by atoms with van der Waals surface area (Å²) in [7, 11) is 0. The Morgan fingerprint density at radius 2 is 1.03 bits per heavy atom. The molecule has 0 bridgehead atoms. The van der Waals surface area contributed by atoms with Gasteiger partial charge in [-0.2, -0.15) is 0 Å². The molecule has 2 saturated carbocycles. The monoisotopic (exact) mass is 859 g/mol. The predicted octanol–water partition coefficient (Wildman–Crippen LogP) is 10.3. The Labute approximate surface area is 370 Å². The molecule has 4 heterocycles. The number of rotatable bonds is 14. The number of thiazole rings is 2. The number of amides is 3. The minimum atomic E-state index is -0.709. The van der Waals surface area contributed by atoms with Gasteiger partial charge in [-0.05, 0) is 84.7 Å². The summed E-state index contributed by atoms with van der Waals surface area (Å²) in [6, 6.07) is 35.5. The van der Waals surface area contributed by atoms with E-state index in [1.807, 2.05) is 82.9 Å². The van der Waals surface area contributed by atoms with E-state index in [9.17, 15) is 19.2 Å². The van der Waals surface area contributed by atoms with Crippen molar-refractivity contribution in [3.8, 4) is 32.0 Å². The molecule has 3 amide bonds. The summed E-state index contributed by atoms with van der Waals surface area (Å²) in [5.74, 6) is -0.198. The number of hydrogen-bond donors (Lipinski definition) is 1. The van der Waals surface area contributed by atoms with E-state index in [2.05, 4.69) is 53.8 Å². The van der Waals surface area contributed by atoms with Crippen LogP contribution in [0.25, 0.3) is 32.0 Å². The summed E-state index contributed by atoms with van der Waals surface area (Å²) in [6.07, 6.45) is 11.3. The van der Waals surface area contributed by atoms with E-state index in [1.54, 1.807) is 22.7 Å². The Morgan fingerprint density at radius 3 is 1.53 bits per heavy atom. The van der Waals surface area contributed by atoms with Crippen LogP contribution in [0.5, 0.6) is 0 Å². The maximum absolute atomic E-state index is 14.2. The number of ketones is 1. The average molecular weight is 860 g/mol. The molecular weight excluding hydrogens is 811 g/mol. The maximum Gasteiger partial charge on any atom is 0.250 e. The molecule has 2 aliphatic heterocycles. The van der Waals surface area contributed by atoms with Crippen molar-refractivity contribution in [3.63, 3.8) is 0 Å². The first-order chi connectivity index (χ1) is 30.4. The van der Waals surface area contributed by atoms with Gasteiger partial charge in [-0.3, -0.25) is 19.2 Å². The highest BCUT2D eigenvalue weighted by Crippen LogP contribution is 2.42. The third kappa shape index (κ3) is 8.52. The summed E-state index contributed by atoms with van der Waals surface area (Å²) in [5, 5.41) is 4.93. The molecule has 10 rings (SSSR count). The first-order valence-electron chi connectivity index (χ1n) is 22.0. The quantitative estimate of drug-likeness (QED) is 0.117. The van der Waals surface area contributed by atoms with Crippen LogP contribution in [0, 0.1) is 11.8 Å². The van der Waals surface area contributed by atoms with E-state index in [4.69, 9.17) is 9.97 Å². The topological polar surface area (TPSA) is 113 Å². The van der Waals surface area contributed by atoms with Crippen LogP contribution in [0.2, 0.25) is 0 Å². The van der Waals surface area contributed by atoms with Crippen molar-refractivity contribution in [2.75, 3.05) is 13.1 Å². The third-order valence-corrected chi connectivity index (χ3v) is 15.2. The van der Waals surface area contributed by atoms with Gasteiger partial charge in [0.15, 0.2) is 0 Å². The molecule has 11 heteroatoms. The zero-order valence-corrected chi connectivity index (χ0v) is 36.2. The number of carbonyl (C=O) groups excluding carboxylic acids is 4. The molecule has 4 atom stereocenters. The van der Waals surface area contributed by atoms with E-state index in [0.29, 0.717) is 13.1 Å². The highest BCUT2D eigenvalue weighted by Gasteiger charge is 2.41. The van der Waals surface area contributed by atoms with Crippen molar-refractivity contribution in [3.05, 3.63) is 143 Å². The van der Waals surface area contributed by atoms with Gasteiger partial charge in [0.1, 0.15) is 21.8 Å². The third-order valence-electron chi connectivity index (χ3n) is 12.9. The van der Waals surface area contributed by atoms with Gasteiger partial charge in [0.25, 0.3) is 0 Å². The lowest BCUT2D eigenvalue weighted by atomic mass is 9.91. The van der Waals surface area contributed by atoms with Gasteiger partial charge in [-0.15, -0.1) is 22.7 Å². The van der Waals surface area contributed by atoms with Gasteiger partial charge < -0.3 is 15.1 Å². The van der Waals surface area contributed by atoms with Crippen molar-refractivity contribution in [1.29, 1.82) is 0 Å². The summed E-state index contributed by atoms with van der Waals surface area (Å²) in [4.78, 5) is 69.8. The standard InChI is InChI=1S/C51H49N5O4S2/c57-43(35-19-20-35)29-40(34-9-3-1-4-10-34)50(59)55-27-7-13-41(55)48-52-30-44(61-48)36-21-15-32(16-22-36)33-17-23-37(24-18-33)45-31-53-49(62-45)42-14-8-28-56(42)51(60)46(38-11-5-2-6-12-38)54-47(58)39-25-26-39/h1-6,9-12,15-18,21-24,30-31,35,39-42,46H,7-8,13-14,19-20,25-29H2,(H,54,58)/t40-,41-,42-,46-/m1/s1. The second kappa shape index (κ2) is 17.5. The Bertz CT molecular complexity index is 2390. The number of benzene rings is 4. The zero-order chi connectivity index (χ0) is 42.2. The van der Waals surface area contributed by atoms with Crippen LogP contribution in [0.4, 0.5) is 0 Å². The van der Waals surface area contributed by atoms with Crippen LogP contribution in [0.3, 0.4) is 0 Å². The van der Waals surface area contributed by atoms with Crippen LogP contribution < -0.4 is 5.32 Å². The molecule has 2 aromatic heterocycles. The van der Waals surface area contributed by atoms with E-state index in [1.165, 1.54) is 0 Å². The summed E-state index contributed by atoms with van der Waals surface area (Å²) in [5.41, 5.74) is 6.09. The predicted molar refractivity (Wildman–Crippen MR) is 243 cm³/mol. The highest BCUT2D eigenvalue weighted by atomic mass is 32.1. The Morgan fingerprint density at radius 1 is 0.565 bits per heavy atom. The van der Waals surface area contributed by atoms with Crippen LogP contribution in [0.1, 0.15) is 103 Å².